The normalized spacial score (nSPS) is 12.0. The fraction of sp³-hybridized carbons (Fsp3) is 0.136. The topological polar surface area (TPSA) is 53.1 Å². The van der Waals surface area contributed by atoms with Gasteiger partial charge in [0.15, 0.2) is 0 Å². The molecular formula is C44H35N3O2. The first-order chi connectivity index (χ1) is 24.0. The second kappa shape index (κ2) is 11.3. The van der Waals surface area contributed by atoms with Crippen LogP contribution >= 0.6 is 0 Å². The monoisotopic (exact) mass is 637 g/mol. The van der Waals surface area contributed by atoms with E-state index in [0.29, 0.717) is 11.8 Å². The highest BCUT2D eigenvalue weighted by molar-refractivity contribution is 6.22. The molecule has 0 radical (unpaired) electrons. The lowest BCUT2D eigenvalue weighted by Crippen LogP contribution is -2.08. The fourth-order valence-electron chi connectivity index (χ4n) is 7.32. The molecule has 0 aliphatic rings. The Balaban J connectivity index is 1.26. The number of benzene rings is 6. The highest BCUT2D eigenvalue weighted by atomic mass is 16.5. The molecule has 6 aromatic carbocycles. The van der Waals surface area contributed by atoms with Crippen LogP contribution in [0.5, 0.6) is 11.5 Å². The molecule has 0 N–H and O–H groups in total. The molecule has 5 heteroatoms. The SMILES string of the molecule is CC(C)c1cccc(C(C)C)c1-n1c(-c2cccc(Oc3cc4c(ccc5cccnc54)c4oc5ccccc5c34)c2)nc2ccccc21. The van der Waals surface area contributed by atoms with Gasteiger partial charge in [-0.1, -0.05) is 100 Å². The molecule has 0 fully saturated rings. The summed E-state index contributed by atoms with van der Waals surface area (Å²) in [6.45, 7) is 9.05. The van der Waals surface area contributed by atoms with Gasteiger partial charge in [-0.15, -0.1) is 0 Å². The van der Waals surface area contributed by atoms with Crippen LogP contribution in [0.1, 0.15) is 50.7 Å². The molecule has 0 bridgehead atoms. The quantitative estimate of drug-likeness (QED) is 0.170. The summed E-state index contributed by atoms with van der Waals surface area (Å²) in [6, 6.07) is 41.9. The third-order valence-electron chi connectivity index (χ3n) is 9.62. The molecule has 238 valence electrons. The van der Waals surface area contributed by atoms with Crippen molar-refractivity contribution in [2.24, 2.45) is 0 Å². The van der Waals surface area contributed by atoms with Crippen LogP contribution in [0.3, 0.4) is 0 Å². The lowest BCUT2D eigenvalue weighted by molar-refractivity contribution is 0.489. The van der Waals surface area contributed by atoms with E-state index in [1.807, 2.05) is 36.5 Å². The number of para-hydroxylation sites is 4. The average molecular weight is 638 g/mol. The van der Waals surface area contributed by atoms with E-state index < -0.39 is 0 Å². The average Bonchev–Trinajstić information content (AvgIpc) is 3.71. The second-order valence-electron chi connectivity index (χ2n) is 13.4. The van der Waals surface area contributed by atoms with E-state index in [9.17, 15) is 0 Å². The van der Waals surface area contributed by atoms with E-state index in [-0.39, 0.29) is 0 Å². The molecule has 9 aromatic rings. The van der Waals surface area contributed by atoms with Gasteiger partial charge in [-0.3, -0.25) is 9.55 Å². The lowest BCUT2D eigenvalue weighted by Gasteiger charge is -2.22. The molecule has 0 aliphatic heterocycles. The molecule has 0 atom stereocenters. The van der Waals surface area contributed by atoms with Crippen molar-refractivity contribution in [1.82, 2.24) is 14.5 Å². The van der Waals surface area contributed by atoms with Crippen LogP contribution in [0.25, 0.3) is 71.7 Å². The summed E-state index contributed by atoms with van der Waals surface area (Å²) >= 11 is 0. The predicted octanol–water partition coefficient (Wildman–Crippen LogP) is 12.3. The van der Waals surface area contributed by atoms with E-state index >= 15 is 0 Å². The fourth-order valence-corrected chi connectivity index (χ4v) is 7.32. The van der Waals surface area contributed by atoms with Crippen LogP contribution in [0.2, 0.25) is 0 Å². The van der Waals surface area contributed by atoms with Gasteiger partial charge in [0.2, 0.25) is 0 Å². The summed E-state index contributed by atoms with van der Waals surface area (Å²) in [7, 11) is 0. The summed E-state index contributed by atoms with van der Waals surface area (Å²) in [6.07, 6.45) is 1.84. The Kier molecular flexibility index (Phi) is 6.76. The Hall–Kier alpha value is -5.94. The van der Waals surface area contributed by atoms with Crippen LogP contribution in [0.15, 0.2) is 132 Å². The van der Waals surface area contributed by atoms with Crippen LogP contribution in [0.4, 0.5) is 0 Å². The van der Waals surface area contributed by atoms with Crippen LogP contribution in [-0.2, 0) is 0 Å². The van der Waals surface area contributed by atoms with Gasteiger partial charge < -0.3 is 9.15 Å². The highest BCUT2D eigenvalue weighted by Crippen LogP contribution is 2.44. The Bertz CT molecular complexity index is 2690. The van der Waals surface area contributed by atoms with Crippen molar-refractivity contribution >= 4 is 54.6 Å². The van der Waals surface area contributed by atoms with Crippen molar-refractivity contribution in [3.63, 3.8) is 0 Å². The lowest BCUT2D eigenvalue weighted by atomic mass is 9.92. The Morgan fingerprint density at radius 2 is 1.45 bits per heavy atom. The van der Waals surface area contributed by atoms with Crippen molar-refractivity contribution in [2.45, 2.75) is 39.5 Å². The van der Waals surface area contributed by atoms with Crippen molar-refractivity contribution in [1.29, 1.82) is 0 Å². The van der Waals surface area contributed by atoms with Crippen molar-refractivity contribution in [3.8, 4) is 28.6 Å². The number of ether oxygens (including phenoxy) is 1. The van der Waals surface area contributed by atoms with Crippen LogP contribution in [-0.4, -0.2) is 14.5 Å². The summed E-state index contributed by atoms with van der Waals surface area (Å²) < 4.78 is 15.8. The van der Waals surface area contributed by atoms with Gasteiger partial charge in [0.05, 0.1) is 27.6 Å². The number of pyridine rings is 1. The predicted molar refractivity (Wildman–Crippen MR) is 201 cm³/mol. The van der Waals surface area contributed by atoms with Crippen molar-refractivity contribution in [3.05, 3.63) is 139 Å². The molecule has 0 saturated carbocycles. The largest absolute Gasteiger partial charge is 0.457 e. The van der Waals surface area contributed by atoms with Gasteiger partial charge in [0.25, 0.3) is 0 Å². The molecule has 5 nitrogen and oxygen atoms in total. The number of hydrogen-bond acceptors (Lipinski definition) is 4. The number of rotatable bonds is 6. The first kappa shape index (κ1) is 29.2. The van der Waals surface area contributed by atoms with E-state index in [4.69, 9.17) is 19.1 Å². The van der Waals surface area contributed by atoms with Crippen molar-refractivity contribution < 1.29 is 9.15 Å². The van der Waals surface area contributed by atoms with Gasteiger partial charge in [-0.2, -0.15) is 0 Å². The molecule has 0 saturated heterocycles. The van der Waals surface area contributed by atoms with Crippen LogP contribution < -0.4 is 4.74 Å². The number of imidazole rings is 1. The minimum absolute atomic E-state index is 0.336. The Labute approximate surface area is 284 Å². The maximum atomic E-state index is 6.90. The zero-order valence-corrected chi connectivity index (χ0v) is 27.9. The molecule has 3 aromatic heterocycles. The van der Waals surface area contributed by atoms with E-state index in [1.165, 1.54) is 16.8 Å². The molecule has 0 spiro atoms. The first-order valence-electron chi connectivity index (χ1n) is 17.0. The third-order valence-corrected chi connectivity index (χ3v) is 9.62. The van der Waals surface area contributed by atoms with Gasteiger partial charge in [-0.25, -0.2) is 4.98 Å². The minimum Gasteiger partial charge on any atom is -0.457 e. The van der Waals surface area contributed by atoms with Gasteiger partial charge in [0, 0.05) is 33.3 Å². The maximum Gasteiger partial charge on any atom is 0.147 e. The highest BCUT2D eigenvalue weighted by Gasteiger charge is 2.23. The van der Waals surface area contributed by atoms with E-state index in [1.54, 1.807) is 0 Å². The first-order valence-corrected chi connectivity index (χ1v) is 17.0. The number of aromatic nitrogens is 3. The summed E-state index contributed by atoms with van der Waals surface area (Å²) in [5.41, 5.74) is 9.36. The van der Waals surface area contributed by atoms with Gasteiger partial charge in [0.1, 0.15) is 28.5 Å². The molecule has 0 amide bonds. The minimum atomic E-state index is 0.336. The number of nitrogens with zero attached hydrogens (tertiary/aromatic N) is 3. The molecular weight excluding hydrogens is 603 g/mol. The summed E-state index contributed by atoms with van der Waals surface area (Å²) in [4.78, 5) is 10.0. The zero-order valence-electron chi connectivity index (χ0n) is 27.9. The maximum absolute atomic E-state index is 6.90. The van der Waals surface area contributed by atoms with Crippen LogP contribution in [0, 0.1) is 0 Å². The number of fused-ring (bicyclic) bond motifs is 8. The van der Waals surface area contributed by atoms with E-state index in [0.717, 1.165) is 77.5 Å². The van der Waals surface area contributed by atoms with Gasteiger partial charge >= 0.3 is 0 Å². The number of hydrogen-bond donors (Lipinski definition) is 0. The number of furan rings is 1. The molecule has 0 unspecified atom stereocenters. The Morgan fingerprint density at radius 1 is 0.673 bits per heavy atom. The molecule has 9 rings (SSSR count). The molecule has 0 aliphatic carbocycles. The zero-order chi connectivity index (χ0) is 33.2. The Morgan fingerprint density at radius 3 is 2.29 bits per heavy atom. The summed E-state index contributed by atoms with van der Waals surface area (Å²) in [5.74, 6) is 3.00. The summed E-state index contributed by atoms with van der Waals surface area (Å²) in [5, 5.41) is 5.03. The van der Waals surface area contributed by atoms with E-state index in [2.05, 4.69) is 123 Å². The van der Waals surface area contributed by atoms with Gasteiger partial charge in [-0.05, 0) is 71.5 Å². The molecule has 3 heterocycles. The molecule has 49 heavy (non-hydrogen) atoms. The van der Waals surface area contributed by atoms with Crippen molar-refractivity contribution in [2.75, 3.05) is 0 Å². The standard InChI is InChI=1S/C44H35N3O2/c1-26(2)31-16-10-17-32(27(3)4)42(31)47-37-19-7-6-18-36(37)46-44(47)29-12-9-14-30(24-29)48-39-25-35-33(22-21-28-13-11-23-45-41(28)35)43-40(39)34-15-5-8-20-38(34)49-43/h5-27H,1-4H3. The smallest absolute Gasteiger partial charge is 0.147 e. The second-order valence-corrected chi connectivity index (χ2v) is 13.4. The third kappa shape index (κ3) is 4.68.